The normalized spacial score (nSPS) is 30.6. The van der Waals surface area contributed by atoms with Crippen LogP contribution in [0.5, 0.6) is 0 Å². The summed E-state index contributed by atoms with van der Waals surface area (Å²) in [5.74, 6) is 3.95. The summed E-state index contributed by atoms with van der Waals surface area (Å²) in [5, 5.41) is 12.4. The highest BCUT2D eigenvalue weighted by molar-refractivity contribution is 7.99. The van der Waals surface area contributed by atoms with Gasteiger partial charge in [0.25, 0.3) is 0 Å². The number of ether oxygens (including phenoxy) is 1. The van der Waals surface area contributed by atoms with Crippen LogP contribution < -0.4 is 4.90 Å². The maximum Gasteiger partial charge on any atom is 0.245 e. The van der Waals surface area contributed by atoms with Crippen molar-refractivity contribution in [1.29, 1.82) is 0 Å². The van der Waals surface area contributed by atoms with Gasteiger partial charge < -0.3 is 9.64 Å². The fourth-order valence-electron chi connectivity index (χ4n) is 3.34. The predicted octanol–water partition coefficient (Wildman–Crippen LogP) is 1.82. The van der Waals surface area contributed by atoms with Crippen molar-refractivity contribution in [3.63, 3.8) is 0 Å². The number of hydrogen-bond donors (Lipinski definition) is 0. The van der Waals surface area contributed by atoms with E-state index in [0.717, 1.165) is 43.4 Å². The molecule has 0 radical (unpaired) electrons. The summed E-state index contributed by atoms with van der Waals surface area (Å²) in [6.45, 7) is 4.24. The van der Waals surface area contributed by atoms with Crippen LogP contribution in [-0.4, -0.2) is 57.5 Å². The standard InChI is InChI=1S/C14H25N5OS/c1-11-10-21-8-7-18(11)14-15-16-17-19(14)9-12-3-5-13(20-2)6-4-12/h11-13H,3-10H2,1-2H3. The van der Waals surface area contributed by atoms with Gasteiger partial charge in [0.05, 0.1) is 6.10 Å². The lowest BCUT2D eigenvalue weighted by atomic mass is 9.87. The Morgan fingerprint density at radius 3 is 2.81 bits per heavy atom. The first-order valence-electron chi connectivity index (χ1n) is 7.91. The first kappa shape index (κ1) is 15.1. The molecule has 1 aliphatic carbocycles. The van der Waals surface area contributed by atoms with Crippen molar-refractivity contribution in [1.82, 2.24) is 20.2 Å². The Kier molecular flexibility index (Phi) is 5.00. The molecular weight excluding hydrogens is 286 g/mol. The second-order valence-electron chi connectivity index (χ2n) is 6.16. The minimum Gasteiger partial charge on any atom is -0.381 e. The molecule has 0 spiro atoms. The molecule has 1 aliphatic heterocycles. The monoisotopic (exact) mass is 311 g/mol. The Balaban J connectivity index is 1.63. The average molecular weight is 311 g/mol. The highest BCUT2D eigenvalue weighted by atomic mass is 32.2. The van der Waals surface area contributed by atoms with E-state index in [1.807, 2.05) is 23.6 Å². The Morgan fingerprint density at radius 1 is 1.29 bits per heavy atom. The molecule has 1 aromatic rings. The molecule has 6 nitrogen and oxygen atoms in total. The zero-order valence-electron chi connectivity index (χ0n) is 12.9. The molecule has 1 saturated heterocycles. The van der Waals surface area contributed by atoms with Gasteiger partial charge >= 0.3 is 0 Å². The number of tetrazole rings is 1. The topological polar surface area (TPSA) is 56.1 Å². The first-order valence-corrected chi connectivity index (χ1v) is 9.06. The zero-order valence-corrected chi connectivity index (χ0v) is 13.8. The molecule has 1 unspecified atom stereocenters. The van der Waals surface area contributed by atoms with Crippen LogP contribution in [0.1, 0.15) is 32.6 Å². The summed E-state index contributed by atoms with van der Waals surface area (Å²) in [6.07, 6.45) is 5.20. The van der Waals surface area contributed by atoms with Crippen LogP contribution in [0, 0.1) is 5.92 Å². The first-order chi connectivity index (χ1) is 10.3. The van der Waals surface area contributed by atoms with Crippen molar-refractivity contribution in [2.45, 2.75) is 51.3 Å². The molecule has 21 heavy (non-hydrogen) atoms. The largest absolute Gasteiger partial charge is 0.381 e. The summed E-state index contributed by atoms with van der Waals surface area (Å²) in [6, 6.07) is 0.512. The van der Waals surface area contributed by atoms with E-state index in [9.17, 15) is 0 Å². The lowest BCUT2D eigenvalue weighted by Crippen LogP contribution is -2.42. The molecule has 0 N–H and O–H groups in total. The summed E-state index contributed by atoms with van der Waals surface area (Å²) in [5.41, 5.74) is 0. The van der Waals surface area contributed by atoms with Gasteiger partial charge in [-0.3, -0.25) is 0 Å². The molecule has 2 heterocycles. The van der Waals surface area contributed by atoms with Gasteiger partial charge in [0.2, 0.25) is 5.95 Å². The third kappa shape index (κ3) is 3.51. The van der Waals surface area contributed by atoms with Gasteiger partial charge in [-0.25, -0.2) is 4.68 Å². The number of hydrogen-bond acceptors (Lipinski definition) is 6. The molecule has 0 amide bonds. The van der Waals surface area contributed by atoms with E-state index >= 15 is 0 Å². The second kappa shape index (κ2) is 6.96. The lowest BCUT2D eigenvalue weighted by Gasteiger charge is -2.34. The predicted molar refractivity (Wildman–Crippen MR) is 84.7 cm³/mol. The SMILES string of the molecule is COC1CCC(Cn2nnnc2N2CCSCC2C)CC1. The maximum atomic E-state index is 5.45. The van der Waals surface area contributed by atoms with Crippen LogP contribution in [0.25, 0.3) is 0 Å². The van der Waals surface area contributed by atoms with Gasteiger partial charge in [-0.1, -0.05) is 5.10 Å². The Morgan fingerprint density at radius 2 is 2.10 bits per heavy atom. The average Bonchev–Trinajstić information content (AvgIpc) is 2.96. The summed E-state index contributed by atoms with van der Waals surface area (Å²) >= 11 is 2.01. The van der Waals surface area contributed by atoms with Crippen molar-refractivity contribution in [2.75, 3.05) is 30.1 Å². The Bertz CT molecular complexity index is 446. The van der Waals surface area contributed by atoms with Crippen LogP contribution in [0.3, 0.4) is 0 Å². The van der Waals surface area contributed by atoms with E-state index in [1.165, 1.54) is 12.8 Å². The van der Waals surface area contributed by atoms with E-state index in [0.29, 0.717) is 18.1 Å². The summed E-state index contributed by atoms with van der Waals surface area (Å²) in [4.78, 5) is 2.36. The minimum atomic E-state index is 0.453. The molecule has 2 fully saturated rings. The third-order valence-corrected chi connectivity index (χ3v) is 5.89. The quantitative estimate of drug-likeness (QED) is 0.845. The molecule has 1 saturated carbocycles. The molecule has 3 rings (SSSR count). The smallest absolute Gasteiger partial charge is 0.245 e. The fraction of sp³-hybridized carbons (Fsp3) is 0.929. The number of thioether (sulfide) groups is 1. The fourth-order valence-corrected chi connectivity index (χ4v) is 4.36. The molecule has 0 bridgehead atoms. The van der Waals surface area contributed by atoms with Crippen molar-refractivity contribution >= 4 is 17.7 Å². The molecule has 7 heteroatoms. The van der Waals surface area contributed by atoms with E-state index in [4.69, 9.17) is 4.74 Å². The Labute approximate surface area is 130 Å². The van der Waals surface area contributed by atoms with Crippen LogP contribution >= 0.6 is 11.8 Å². The van der Waals surface area contributed by atoms with Crippen molar-refractivity contribution in [3.05, 3.63) is 0 Å². The van der Waals surface area contributed by atoms with Crippen LogP contribution in [0.15, 0.2) is 0 Å². The lowest BCUT2D eigenvalue weighted by molar-refractivity contribution is 0.0536. The van der Waals surface area contributed by atoms with E-state index < -0.39 is 0 Å². The van der Waals surface area contributed by atoms with Crippen LogP contribution in [0.4, 0.5) is 5.95 Å². The van der Waals surface area contributed by atoms with Gasteiger partial charge in [-0.2, -0.15) is 11.8 Å². The zero-order chi connectivity index (χ0) is 14.7. The second-order valence-corrected chi connectivity index (χ2v) is 7.31. The molecule has 0 aromatic carbocycles. The van der Waals surface area contributed by atoms with Crippen molar-refractivity contribution in [3.8, 4) is 0 Å². The van der Waals surface area contributed by atoms with Crippen molar-refractivity contribution in [2.24, 2.45) is 5.92 Å². The highest BCUT2D eigenvalue weighted by Gasteiger charge is 2.26. The van der Waals surface area contributed by atoms with E-state index in [1.54, 1.807) is 0 Å². The van der Waals surface area contributed by atoms with Gasteiger partial charge in [0.15, 0.2) is 0 Å². The van der Waals surface area contributed by atoms with Gasteiger partial charge in [0, 0.05) is 37.7 Å². The van der Waals surface area contributed by atoms with Gasteiger partial charge in [0.1, 0.15) is 0 Å². The number of aromatic nitrogens is 4. The summed E-state index contributed by atoms with van der Waals surface area (Å²) < 4.78 is 7.47. The van der Waals surface area contributed by atoms with Crippen molar-refractivity contribution < 1.29 is 4.74 Å². The number of nitrogens with zero attached hydrogens (tertiary/aromatic N) is 5. The number of methoxy groups -OCH3 is 1. The van der Waals surface area contributed by atoms with Crippen LogP contribution in [0.2, 0.25) is 0 Å². The molecule has 118 valence electrons. The molecular formula is C14H25N5OS. The minimum absolute atomic E-state index is 0.453. The number of anilines is 1. The Hall–Kier alpha value is -0.820. The number of rotatable bonds is 4. The van der Waals surface area contributed by atoms with Crippen LogP contribution in [-0.2, 0) is 11.3 Å². The summed E-state index contributed by atoms with van der Waals surface area (Å²) in [7, 11) is 1.82. The van der Waals surface area contributed by atoms with Gasteiger partial charge in [-0.15, -0.1) is 0 Å². The maximum absolute atomic E-state index is 5.45. The molecule has 2 aliphatic rings. The van der Waals surface area contributed by atoms with E-state index in [-0.39, 0.29) is 0 Å². The third-order valence-electron chi connectivity index (χ3n) is 4.70. The molecule has 1 aromatic heterocycles. The van der Waals surface area contributed by atoms with Gasteiger partial charge in [-0.05, 0) is 49.0 Å². The molecule has 1 atom stereocenters. The highest BCUT2D eigenvalue weighted by Crippen LogP contribution is 2.28. The van der Waals surface area contributed by atoms with E-state index in [2.05, 4.69) is 27.3 Å².